The Labute approximate surface area is 173 Å². The molecule has 0 N–H and O–H groups in total. The predicted octanol–water partition coefficient (Wildman–Crippen LogP) is 6.10. The SMILES string of the molecule is O=C(Oc1ccc2c(=O)c(-c3ccccc3Cl)coc2c1)c1cccc(Br)c1. The Hall–Kier alpha value is -2.89. The van der Waals surface area contributed by atoms with Crippen molar-refractivity contribution in [3.05, 3.63) is 98.3 Å². The molecule has 1 aromatic heterocycles. The fourth-order valence-corrected chi connectivity index (χ4v) is 3.46. The van der Waals surface area contributed by atoms with Crippen molar-refractivity contribution in [2.24, 2.45) is 0 Å². The Kier molecular flexibility index (Phi) is 5.03. The van der Waals surface area contributed by atoms with E-state index >= 15 is 0 Å². The zero-order chi connectivity index (χ0) is 19.7. The topological polar surface area (TPSA) is 56.5 Å². The molecule has 0 radical (unpaired) electrons. The molecule has 3 aromatic carbocycles. The van der Waals surface area contributed by atoms with Crippen molar-refractivity contribution < 1.29 is 13.9 Å². The van der Waals surface area contributed by atoms with E-state index in [-0.39, 0.29) is 11.2 Å². The first-order valence-corrected chi connectivity index (χ1v) is 9.48. The first-order chi connectivity index (χ1) is 13.5. The highest BCUT2D eigenvalue weighted by atomic mass is 79.9. The van der Waals surface area contributed by atoms with E-state index in [4.69, 9.17) is 20.8 Å². The van der Waals surface area contributed by atoms with E-state index in [0.29, 0.717) is 32.7 Å². The normalized spacial score (nSPS) is 10.8. The highest BCUT2D eigenvalue weighted by Gasteiger charge is 2.14. The van der Waals surface area contributed by atoms with E-state index in [0.717, 1.165) is 4.47 Å². The van der Waals surface area contributed by atoms with E-state index in [9.17, 15) is 9.59 Å². The van der Waals surface area contributed by atoms with E-state index in [1.807, 2.05) is 6.07 Å². The number of halogens is 2. The van der Waals surface area contributed by atoms with Crippen LogP contribution in [0.15, 0.2) is 86.7 Å². The summed E-state index contributed by atoms with van der Waals surface area (Å²) in [4.78, 5) is 25.1. The molecule has 0 fully saturated rings. The summed E-state index contributed by atoms with van der Waals surface area (Å²) >= 11 is 9.51. The molecule has 0 aliphatic carbocycles. The number of benzene rings is 3. The Bertz CT molecular complexity index is 1260. The number of esters is 1. The van der Waals surface area contributed by atoms with Crippen molar-refractivity contribution in [3.63, 3.8) is 0 Å². The van der Waals surface area contributed by atoms with Crippen molar-refractivity contribution in [2.45, 2.75) is 0 Å². The number of hydrogen-bond donors (Lipinski definition) is 0. The third-order valence-corrected chi connectivity index (χ3v) is 5.00. The lowest BCUT2D eigenvalue weighted by atomic mass is 10.1. The van der Waals surface area contributed by atoms with Crippen molar-refractivity contribution in [1.29, 1.82) is 0 Å². The van der Waals surface area contributed by atoms with Crippen LogP contribution in [0.3, 0.4) is 0 Å². The number of rotatable bonds is 3. The molecule has 0 aliphatic rings. The van der Waals surface area contributed by atoms with E-state index in [1.165, 1.54) is 12.3 Å². The zero-order valence-electron chi connectivity index (χ0n) is 14.3. The molecule has 0 aliphatic heterocycles. The largest absolute Gasteiger partial charge is 0.463 e. The zero-order valence-corrected chi connectivity index (χ0v) is 16.7. The monoisotopic (exact) mass is 454 g/mol. The average Bonchev–Trinajstić information content (AvgIpc) is 2.69. The molecule has 4 aromatic rings. The summed E-state index contributed by atoms with van der Waals surface area (Å²) in [6, 6.07) is 18.6. The molecule has 0 atom stereocenters. The van der Waals surface area contributed by atoms with Gasteiger partial charge in [-0.15, -0.1) is 0 Å². The van der Waals surface area contributed by atoms with Gasteiger partial charge in [-0.2, -0.15) is 0 Å². The van der Waals surface area contributed by atoms with Crippen LogP contribution in [-0.2, 0) is 0 Å². The van der Waals surface area contributed by atoms with Gasteiger partial charge < -0.3 is 9.15 Å². The predicted molar refractivity (Wildman–Crippen MR) is 112 cm³/mol. The van der Waals surface area contributed by atoms with Crippen molar-refractivity contribution in [3.8, 4) is 16.9 Å². The van der Waals surface area contributed by atoms with Crippen LogP contribution in [0.4, 0.5) is 0 Å². The van der Waals surface area contributed by atoms with Gasteiger partial charge in [-0.25, -0.2) is 4.79 Å². The first-order valence-electron chi connectivity index (χ1n) is 8.31. The van der Waals surface area contributed by atoms with E-state index in [2.05, 4.69) is 15.9 Å². The molecule has 28 heavy (non-hydrogen) atoms. The third kappa shape index (κ3) is 3.59. The number of hydrogen-bond acceptors (Lipinski definition) is 4. The van der Waals surface area contributed by atoms with Gasteiger partial charge in [-0.3, -0.25) is 4.79 Å². The van der Waals surface area contributed by atoms with Crippen LogP contribution >= 0.6 is 27.5 Å². The Balaban J connectivity index is 1.69. The fraction of sp³-hybridized carbons (Fsp3) is 0. The van der Waals surface area contributed by atoms with Crippen LogP contribution in [-0.4, -0.2) is 5.97 Å². The van der Waals surface area contributed by atoms with Gasteiger partial charge >= 0.3 is 5.97 Å². The van der Waals surface area contributed by atoms with E-state index in [1.54, 1.807) is 54.6 Å². The second-order valence-corrected chi connectivity index (χ2v) is 7.34. The Morgan fingerprint density at radius 3 is 2.57 bits per heavy atom. The van der Waals surface area contributed by atoms with Crippen molar-refractivity contribution >= 4 is 44.5 Å². The average molecular weight is 456 g/mol. The molecule has 0 spiro atoms. The lowest BCUT2D eigenvalue weighted by Gasteiger charge is -2.07. The van der Waals surface area contributed by atoms with Crippen LogP contribution in [0.1, 0.15) is 10.4 Å². The van der Waals surface area contributed by atoms with Crippen molar-refractivity contribution in [2.75, 3.05) is 0 Å². The summed E-state index contributed by atoms with van der Waals surface area (Å²) in [7, 11) is 0. The second kappa shape index (κ2) is 7.62. The minimum absolute atomic E-state index is 0.209. The highest BCUT2D eigenvalue weighted by molar-refractivity contribution is 9.10. The minimum Gasteiger partial charge on any atom is -0.463 e. The van der Waals surface area contributed by atoms with Gasteiger partial charge in [0, 0.05) is 21.1 Å². The molecule has 0 amide bonds. The van der Waals surface area contributed by atoms with E-state index < -0.39 is 5.97 Å². The van der Waals surface area contributed by atoms with Gasteiger partial charge in [0.05, 0.1) is 16.5 Å². The van der Waals surface area contributed by atoms with Crippen LogP contribution in [0.2, 0.25) is 5.02 Å². The highest BCUT2D eigenvalue weighted by Crippen LogP contribution is 2.28. The third-order valence-electron chi connectivity index (χ3n) is 4.18. The summed E-state index contributed by atoms with van der Waals surface area (Å²) in [5.74, 6) is -0.221. The molecule has 138 valence electrons. The number of ether oxygens (including phenoxy) is 1. The first kappa shape index (κ1) is 18.5. The van der Waals surface area contributed by atoms with Crippen LogP contribution in [0.25, 0.3) is 22.1 Å². The van der Waals surface area contributed by atoms with Crippen LogP contribution in [0.5, 0.6) is 5.75 Å². The molecule has 1 heterocycles. The van der Waals surface area contributed by atoms with Gasteiger partial charge in [0.15, 0.2) is 0 Å². The molecule has 4 rings (SSSR count). The molecule has 0 unspecified atom stereocenters. The molecule has 0 bridgehead atoms. The molecule has 6 heteroatoms. The second-order valence-electron chi connectivity index (χ2n) is 6.02. The Morgan fingerprint density at radius 1 is 0.964 bits per heavy atom. The molecule has 4 nitrogen and oxygen atoms in total. The number of fused-ring (bicyclic) bond motifs is 1. The van der Waals surface area contributed by atoms with Gasteiger partial charge in [-0.1, -0.05) is 51.8 Å². The van der Waals surface area contributed by atoms with Crippen LogP contribution < -0.4 is 10.2 Å². The molecular formula is C22H12BrClO4. The maximum Gasteiger partial charge on any atom is 0.343 e. The summed E-state index contributed by atoms with van der Waals surface area (Å²) in [5.41, 5.74) is 1.49. The summed E-state index contributed by atoms with van der Waals surface area (Å²) in [6.07, 6.45) is 1.37. The van der Waals surface area contributed by atoms with Gasteiger partial charge in [0.2, 0.25) is 5.43 Å². The summed E-state index contributed by atoms with van der Waals surface area (Å²) in [6.45, 7) is 0. The quantitative estimate of drug-likeness (QED) is 0.277. The smallest absolute Gasteiger partial charge is 0.343 e. The molecule has 0 saturated carbocycles. The standard InChI is InChI=1S/C22H12BrClO4/c23-14-5-3-4-13(10-14)22(26)28-15-8-9-17-20(11-15)27-12-18(21(17)25)16-6-1-2-7-19(16)24/h1-12H. The lowest BCUT2D eigenvalue weighted by molar-refractivity contribution is 0.0735. The summed E-state index contributed by atoms with van der Waals surface area (Å²) in [5, 5.41) is 0.841. The number of carbonyl (C=O) groups is 1. The van der Waals surface area contributed by atoms with Gasteiger partial charge in [-0.05, 0) is 36.4 Å². The molecule has 0 saturated heterocycles. The molecular weight excluding hydrogens is 444 g/mol. The van der Waals surface area contributed by atoms with Crippen molar-refractivity contribution in [1.82, 2.24) is 0 Å². The fourth-order valence-electron chi connectivity index (χ4n) is 2.82. The van der Waals surface area contributed by atoms with Gasteiger partial charge in [0.1, 0.15) is 17.6 Å². The maximum absolute atomic E-state index is 12.8. The maximum atomic E-state index is 12.8. The summed E-state index contributed by atoms with van der Waals surface area (Å²) < 4.78 is 11.8. The van der Waals surface area contributed by atoms with Gasteiger partial charge in [0.25, 0.3) is 0 Å². The van der Waals surface area contributed by atoms with Crippen LogP contribution in [0, 0.1) is 0 Å². The lowest BCUT2D eigenvalue weighted by Crippen LogP contribution is -2.09. The number of carbonyl (C=O) groups excluding carboxylic acids is 1. The Morgan fingerprint density at radius 2 is 1.79 bits per heavy atom. The minimum atomic E-state index is -0.504.